The van der Waals surface area contributed by atoms with E-state index in [1.165, 1.54) is 64.2 Å². The van der Waals surface area contributed by atoms with Crippen LogP contribution in [0.15, 0.2) is 12.7 Å². The van der Waals surface area contributed by atoms with E-state index in [-0.39, 0.29) is 0 Å². The fourth-order valence-corrected chi connectivity index (χ4v) is 3.03. The van der Waals surface area contributed by atoms with Gasteiger partial charge in [-0.15, -0.1) is 6.58 Å². The van der Waals surface area contributed by atoms with Gasteiger partial charge in [0.2, 0.25) is 0 Å². The van der Waals surface area contributed by atoms with Gasteiger partial charge in [-0.1, -0.05) is 70.3 Å². The minimum atomic E-state index is -2.27. The lowest BCUT2D eigenvalue weighted by molar-refractivity contribution is 0.401. The monoisotopic (exact) mass is 301 g/mol. The van der Waals surface area contributed by atoms with Crippen molar-refractivity contribution in [3.63, 3.8) is 0 Å². The lowest BCUT2D eigenvalue weighted by Gasteiger charge is -2.04. The van der Waals surface area contributed by atoms with Crippen LogP contribution in [0.3, 0.4) is 0 Å². The summed E-state index contributed by atoms with van der Waals surface area (Å²) in [5.74, 6) is 0. The summed E-state index contributed by atoms with van der Waals surface area (Å²) in [7, 11) is -2.27. The maximum Gasteiger partial charge on any atom is 0.315 e. The molecule has 120 valence electrons. The third kappa shape index (κ3) is 17.8. The van der Waals surface area contributed by atoms with Crippen LogP contribution in [-0.4, -0.2) is 32.0 Å². The largest absolute Gasteiger partial charge is 0.413 e. The first-order chi connectivity index (χ1) is 9.77. The summed E-state index contributed by atoms with van der Waals surface area (Å²) < 4.78 is 0. The molecule has 0 aliphatic carbocycles. The Hall–Kier alpha value is -0.163. The van der Waals surface area contributed by atoms with Gasteiger partial charge in [0.1, 0.15) is 0 Å². The molecule has 0 amide bonds. The molecular formula is C16H35NO2Si. The van der Waals surface area contributed by atoms with E-state index in [2.05, 4.69) is 11.9 Å². The highest BCUT2D eigenvalue weighted by atomic mass is 28.3. The van der Waals surface area contributed by atoms with E-state index in [9.17, 15) is 0 Å². The second kappa shape index (κ2) is 16.9. The zero-order chi connectivity index (χ0) is 14.9. The van der Waals surface area contributed by atoms with Gasteiger partial charge < -0.3 is 14.9 Å². The van der Waals surface area contributed by atoms with Crippen molar-refractivity contribution < 1.29 is 9.59 Å². The Morgan fingerprint density at radius 2 is 1.20 bits per heavy atom. The molecule has 0 aromatic rings. The van der Waals surface area contributed by atoms with Gasteiger partial charge in [0.15, 0.2) is 0 Å². The topological polar surface area (TPSA) is 52.5 Å². The summed E-state index contributed by atoms with van der Waals surface area (Å²) in [6.45, 7) is 5.74. The SMILES string of the molecule is C=CCNCCCCCCCCCCCCC[SiH](O)O. The third-order valence-corrected chi connectivity index (χ3v) is 4.53. The average molecular weight is 302 g/mol. The molecule has 0 aliphatic rings. The molecule has 3 nitrogen and oxygen atoms in total. The second-order valence-corrected chi connectivity index (χ2v) is 7.19. The number of hydrogen-bond acceptors (Lipinski definition) is 3. The highest BCUT2D eigenvalue weighted by Crippen LogP contribution is 2.12. The van der Waals surface area contributed by atoms with E-state index in [0.717, 1.165) is 19.5 Å². The lowest BCUT2D eigenvalue weighted by atomic mass is 10.1. The highest BCUT2D eigenvalue weighted by Gasteiger charge is 2.00. The van der Waals surface area contributed by atoms with Gasteiger partial charge in [0, 0.05) is 6.54 Å². The van der Waals surface area contributed by atoms with Crippen LogP contribution >= 0.6 is 0 Å². The van der Waals surface area contributed by atoms with Crippen molar-refractivity contribution in [2.45, 2.75) is 76.7 Å². The first kappa shape index (κ1) is 19.8. The zero-order valence-corrected chi connectivity index (χ0v) is 14.3. The smallest absolute Gasteiger partial charge is 0.315 e. The summed E-state index contributed by atoms with van der Waals surface area (Å²) in [6.07, 6.45) is 16.1. The Labute approximate surface area is 127 Å². The molecule has 4 heteroatoms. The minimum absolute atomic E-state index is 0.668. The van der Waals surface area contributed by atoms with Crippen molar-refractivity contribution >= 4 is 9.28 Å². The van der Waals surface area contributed by atoms with E-state index in [1.807, 2.05) is 6.08 Å². The Kier molecular flexibility index (Phi) is 16.8. The van der Waals surface area contributed by atoms with Crippen LogP contribution in [0.25, 0.3) is 0 Å². The number of rotatable bonds is 16. The van der Waals surface area contributed by atoms with Gasteiger partial charge in [-0.3, -0.25) is 0 Å². The number of hydrogen-bond donors (Lipinski definition) is 3. The van der Waals surface area contributed by atoms with Crippen LogP contribution in [0.2, 0.25) is 6.04 Å². The van der Waals surface area contributed by atoms with Crippen molar-refractivity contribution in [3.8, 4) is 0 Å². The van der Waals surface area contributed by atoms with Gasteiger partial charge in [0.25, 0.3) is 0 Å². The fraction of sp³-hybridized carbons (Fsp3) is 0.875. The van der Waals surface area contributed by atoms with Gasteiger partial charge in [-0.25, -0.2) is 0 Å². The highest BCUT2D eigenvalue weighted by molar-refractivity contribution is 6.40. The molecule has 0 aromatic heterocycles. The summed E-state index contributed by atoms with van der Waals surface area (Å²) in [5, 5.41) is 3.33. The second-order valence-electron chi connectivity index (χ2n) is 5.65. The van der Waals surface area contributed by atoms with Gasteiger partial charge >= 0.3 is 9.28 Å². The first-order valence-electron chi connectivity index (χ1n) is 8.45. The number of unbranched alkanes of at least 4 members (excludes halogenated alkanes) is 10. The fourth-order valence-electron chi connectivity index (χ4n) is 2.37. The molecule has 0 rings (SSSR count). The zero-order valence-electron chi connectivity index (χ0n) is 13.2. The third-order valence-electron chi connectivity index (χ3n) is 3.60. The van der Waals surface area contributed by atoms with Crippen LogP contribution in [0, 0.1) is 0 Å². The van der Waals surface area contributed by atoms with Crippen molar-refractivity contribution in [3.05, 3.63) is 12.7 Å². The maximum absolute atomic E-state index is 8.84. The molecule has 0 saturated carbocycles. The summed E-state index contributed by atoms with van der Waals surface area (Å²) >= 11 is 0. The molecule has 0 unspecified atom stereocenters. The Morgan fingerprint density at radius 3 is 1.65 bits per heavy atom. The average Bonchev–Trinajstić information content (AvgIpc) is 2.43. The van der Waals surface area contributed by atoms with Crippen LogP contribution in [0.4, 0.5) is 0 Å². The Bertz CT molecular complexity index is 201. The summed E-state index contributed by atoms with van der Waals surface area (Å²) in [4.78, 5) is 17.7. The predicted octanol–water partition coefficient (Wildman–Crippen LogP) is 3.26. The van der Waals surface area contributed by atoms with Crippen LogP contribution in [0.1, 0.15) is 70.6 Å². The molecule has 0 radical (unpaired) electrons. The Balaban J connectivity index is 2.94. The predicted molar refractivity (Wildman–Crippen MR) is 90.2 cm³/mol. The summed E-state index contributed by atoms with van der Waals surface area (Å²) in [5.41, 5.74) is 0. The molecular weight excluding hydrogens is 266 g/mol. The van der Waals surface area contributed by atoms with Crippen molar-refractivity contribution in [1.82, 2.24) is 5.32 Å². The lowest BCUT2D eigenvalue weighted by Crippen LogP contribution is -2.14. The van der Waals surface area contributed by atoms with Gasteiger partial charge in [-0.2, -0.15) is 0 Å². The molecule has 20 heavy (non-hydrogen) atoms. The molecule has 0 atom stereocenters. The van der Waals surface area contributed by atoms with Crippen LogP contribution < -0.4 is 5.32 Å². The minimum Gasteiger partial charge on any atom is -0.413 e. The molecule has 0 bridgehead atoms. The van der Waals surface area contributed by atoms with Gasteiger partial charge in [-0.05, 0) is 19.0 Å². The molecule has 0 aromatic carbocycles. The standard InChI is InChI=1S/C16H35NO2Si/c1-2-14-17-15-12-10-8-6-4-3-5-7-9-11-13-16-20(18)19/h2,17-20H,1,3-16H2. The molecule has 0 aliphatic heterocycles. The van der Waals surface area contributed by atoms with E-state index in [0.29, 0.717) is 6.04 Å². The molecule has 0 saturated heterocycles. The van der Waals surface area contributed by atoms with Gasteiger partial charge in [0.05, 0.1) is 0 Å². The van der Waals surface area contributed by atoms with Crippen LogP contribution in [0.5, 0.6) is 0 Å². The van der Waals surface area contributed by atoms with Crippen molar-refractivity contribution in [2.75, 3.05) is 13.1 Å². The quantitative estimate of drug-likeness (QED) is 0.233. The Morgan fingerprint density at radius 1 is 0.750 bits per heavy atom. The molecule has 0 heterocycles. The molecule has 3 N–H and O–H groups in total. The molecule has 0 fully saturated rings. The van der Waals surface area contributed by atoms with E-state index >= 15 is 0 Å². The number of nitrogens with one attached hydrogen (secondary N) is 1. The summed E-state index contributed by atoms with van der Waals surface area (Å²) in [6, 6.07) is 0.668. The maximum atomic E-state index is 8.84. The van der Waals surface area contributed by atoms with E-state index in [4.69, 9.17) is 9.59 Å². The first-order valence-corrected chi connectivity index (χ1v) is 10.3. The molecule has 0 spiro atoms. The van der Waals surface area contributed by atoms with Crippen LogP contribution in [-0.2, 0) is 0 Å². The van der Waals surface area contributed by atoms with E-state index in [1.54, 1.807) is 0 Å². The van der Waals surface area contributed by atoms with E-state index < -0.39 is 9.28 Å². The van der Waals surface area contributed by atoms with Crippen molar-refractivity contribution in [2.24, 2.45) is 0 Å². The normalized spacial score (nSPS) is 11.2. The van der Waals surface area contributed by atoms with Crippen molar-refractivity contribution in [1.29, 1.82) is 0 Å².